The van der Waals surface area contributed by atoms with Gasteiger partial charge in [0.1, 0.15) is 16.7 Å². The van der Waals surface area contributed by atoms with E-state index in [0.717, 1.165) is 52.8 Å². The molecular formula is C22H26ClN7S. The third-order valence-corrected chi connectivity index (χ3v) is 7.13. The summed E-state index contributed by atoms with van der Waals surface area (Å²) in [5.41, 5.74) is 2.47. The van der Waals surface area contributed by atoms with E-state index in [9.17, 15) is 0 Å². The van der Waals surface area contributed by atoms with E-state index in [1.807, 2.05) is 29.6 Å². The molecule has 1 saturated carbocycles. The smallest absolute Gasteiger partial charge is 0.191 e. The molecule has 0 unspecified atom stereocenters. The van der Waals surface area contributed by atoms with Crippen LogP contribution < -0.4 is 5.32 Å². The zero-order chi connectivity index (χ0) is 21.4. The van der Waals surface area contributed by atoms with E-state index in [-0.39, 0.29) is 0 Å². The summed E-state index contributed by atoms with van der Waals surface area (Å²) in [6, 6.07) is 8.70. The van der Waals surface area contributed by atoms with E-state index >= 15 is 0 Å². The fourth-order valence-corrected chi connectivity index (χ4v) is 5.25. The van der Waals surface area contributed by atoms with E-state index in [1.165, 1.54) is 25.7 Å². The second kappa shape index (κ2) is 8.67. The summed E-state index contributed by atoms with van der Waals surface area (Å²) in [6.07, 6.45) is 8.99. The van der Waals surface area contributed by atoms with Gasteiger partial charge in [-0.1, -0.05) is 48.3 Å². The van der Waals surface area contributed by atoms with Crippen LogP contribution in [0.15, 0.2) is 29.4 Å². The minimum atomic E-state index is 0.556. The molecule has 3 heterocycles. The molecule has 1 fully saturated rings. The summed E-state index contributed by atoms with van der Waals surface area (Å²) in [6.45, 7) is 2.70. The minimum absolute atomic E-state index is 0.556. The number of anilines is 1. The Balaban J connectivity index is 1.34. The molecule has 0 aliphatic heterocycles. The molecule has 0 bridgehead atoms. The fourth-order valence-electron chi connectivity index (χ4n) is 4.52. The lowest BCUT2D eigenvalue weighted by molar-refractivity contribution is 0.461. The Bertz CT molecular complexity index is 1230. The first-order valence-electron chi connectivity index (χ1n) is 10.8. The van der Waals surface area contributed by atoms with Crippen molar-refractivity contribution in [2.75, 3.05) is 18.1 Å². The Kier molecular flexibility index (Phi) is 5.75. The number of aryl methyl sites for hydroxylation is 2. The molecule has 162 valence electrons. The van der Waals surface area contributed by atoms with Crippen molar-refractivity contribution in [3.05, 3.63) is 40.8 Å². The second-order valence-electron chi connectivity index (χ2n) is 8.05. The Labute approximate surface area is 190 Å². The average molecular weight is 456 g/mol. The quantitative estimate of drug-likeness (QED) is 0.300. The van der Waals surface area contributed by atoms with Crippen molar-refractivity contribution in [1.29, 1.82) is 0 Å². The van der Waals surface area contributed by atoms with E-state index in [0.29, 0.717) is 16.7 Å². The third-order valence-electron chi connectivity index (χ3n) is 6.05. The lowest BCUT2D eigenvalue weighted by Gasteiger charge is -2.16. The Morgan fingerprint density at radius 3 is 2.81 bits per heavy atom. The molecule has 31 heavy (non-hydrogen) atoms. The number of rotatable bonds is 7. The summed E-state index contributed by atoms with van der Waals surface area (Å²) in [5.74, 6) is 1.94. The molecule has 7 nitrogen and oxygen atoms in total. The fraction of sp³-hybridized carbons (Fsp3) is 0.455. The van der Waals surface area contributed by atoms with Crippen molar-refractivity contribution in [3.8, 4) is 0 Å². The van der Waals surface area contributed by atoms with Gasteiger partial charge in [0.05, 0.1) is 11.2 Å². The zero-order valence-electron chi connectivity index (χ0n) is 17.8. The molecule has 1 aromatic carbocycles. The van der Waals surface area contributed by atoms with Crippen molar-refractivity contribution in [2.45, 2.75) is 56.6 Å². The lowest BCUT2D eigenvalue weighted by Crippen LogP contribution is -2.12. The standard InChI is InChI=1S/C22H26ClN7S/c1-14-19(23)21-25-20(16-10-5-6-11-17(16)30(21)28-14)24-13-7-12-18-26-27-22(31-2)29(18)15-8-3-4-9-15/h5-6,10-11,15H,3-4,7-9,12-13H2,1-2H3,(H,24,25). The van der Waals surface area contributed by atoms with Crippen LogP contribution in [0.4, 0.5) is 5.82 Å². The normalized spacial score (nSPS) is 14.8. The lowest BCUT2D eigenvalue weighted by atomic mass is 10.2. The van der Waals surface area contributed by atoms with Crippen LogP contribution in [0.3, 0.4) is 0 Å². The molecule has 1 aliphatic carbocycles. The molecule has 0 atom stereocenters. The largest absolute Gasteiger partial charge is 0.369 e. The second-order valence-corrected chi connectivity index (χ2v) is 9.21. The number of para-hydroxylation sites is 1. The van der Waals surface area contributed by atoms with Crippen LogP contribution >= 0.6 is 23.4 Å². The molecule has 5 rings (SSSR count). The van der Waals surface area contributed by atoms with Gasteiger partial charge in [-0.15, -0.1) is 10.2 Å². The predicted molar refractivity (Wildman–Crippen MR) is 126 cm³/mol. The first kappa shape index (κ1) is 20.6. The van der Waals surface area contributed by atoms with Crippen molar-refractivity contribution in [1.82, 2.24) is 29.4 Å². The molecule has 1 N–H and O–H groups in total. The van der Waals surface area contributed by atoms with Gasteiger partial charge in [-0.25, -0.2) is 9.50 Å². The molecule has 0 spiro atoms. The van der Waals surface area contributed by atoms with Gasteiger partial charge < -0.3 is 9.88 Å². The highest BCUT2D eigenvalue weighted by Crippen LogP contribution is 2.33. The summed E-state index contributed by atoms with van der Waals surface area (Å²) >= 11 is 8.15. The molecule has 9 heteroatoms. The van der Waals surface area contributed by atoms with Gasteiger partial charge in [0, 0.05) is 24.4 Å². The van der Waals surface area contributed by atoms with Gasteiger partial charge in [0.2, 0.25) is 0 Å². The average Bonchev–Trinajstić information content (AvgIpc) is 3.51. The molecule has 3 aromatic heterocycles. The Morgan fingerprint density at radius 1 is 1.19 bits per heavy atom. The number of fused-ring (bicyclic) bond motifs is 3. The number of thioether (sulfide) groups is 1. The monoisotopic (exact) mass is 455 g/mol. The highest BCUT2D eigenvalue weighted by Gasteiger charge is 2.23. The predicted octanol–water partition coefficient (Wildman–Crippen LogP) is 5.32. The van der Waals surface area contributed by atoms with E-state index in [2.05, 4.69) is 37.5 Å². The Hall–Kier alpha value is -2.32. The summed E-state index contributed by atoms with van der Waals surface area (Å²) in [7, 11) is 0. The van der Waals surface area contributed by atoms with Gasteiger partial charge in [-0.05, 0) is 44.6 Å². The van der Waals surface area contributed by atoms with Crippen molar-refractivity contribution in [2.24, 2.45) is 0 Å². The zero-order valence-corrected chi connectivity index (χ0v) is 19.4. The van der Waals surface area contributed by atoms with Gasteiger partial charge >= 0.3 is 0 Å². The number of halogens is 1. The SMILES string of the molecule is CSc1nnc(CCCNc2nc3c(Cl)c(C)nn3c3ccccc23)n1C1CCCC1. The molecule has 0 amide bonds. The van der Waals surface area contributed by atoms with E-state index in [4.69, 9.17) is 16.6 Å². The van der Waals surface area contributed by atoms with Gasteiger partial charge in [0.25, 0.3) is 0 Å². The van der Waals surface area contributed by atoms with Crippen molar-refractivity contribution in [3.63, 3.8) is 0 Å². The van der Waals surface area contributed by atoms with Gasteiger partial charge in [-0.2, -0.15) is 5.10 Å². The van der Waals surface area contributed by atoms with Crippen molar-refractivity contribution < 1.29 is 0 Å². The molecule has 4 aromatic rings. The number of hydrogen-bond donors (Lipinski definition) is 1. The van der Waals surface area contributed by atoms with Crippen LogP contribution in [-0.2, 0) is 6.42 Å². The van der Waals surface area contributed by atoms with Crippen molar-refractivity contribution >= 4 is 45.7 Å². The molecule has 1 aliphatic rings. The summed E-state index contributed by atoms with van der Waals surface area (Å²) in [5, 5.41) is 19.7. The highest BCUT2D eigenvalue weighted by molar-refractivity contribution is 7.98. The van der Waals surface area contributed by atoms with Gasteiger partial charge in [-0.3, -0.25) is 0 Å². The minimum Gasteiger partial charge on any atom is -0.369 e. The maximum atomic E-state index is 6.46. The molecular weight excluding hydrogens is 430 g/mol. The van der Waals surface area contributed by atoms with E-state index < -0.39 is 0 Å². The number of nitrogens with one attached hydrogen (secondary N) is 1. The number of aromatic nitrogens is 6. The van der Waals surface area contributed by atoms with Crippen LogP contribution in [0.5, 0.6) is 0 Å². The topological polar surface area (TPSA) is 72.9 Å². The maximum Gasteiger partial charge on any atom is 0.191 e. The number of benzene rings is 1. The first-order valence-corrected chi connectivity index (χ1v) is 12.4. The van der Waals surface area contributed by atoms with Crippen LogP contribution in [0, 0.1) is 6.92 Å². The number of nitrogens with zero attached hydrogens (tertiary/aromatic N) is 6. The van der Waals surface area contributed by atoms with Crippen LogP contribution in [0.1, 0.15) is 49.7 Å². The maximum absolute atomic E-state index is 6.46. The first-order chi connectivity index (χ1) is 15.2. The molecule has 0 saturated heterocycles. The Morgan fingerprint density at radius 2 is 2.00 bits per heavy atom. The van der Waals surface area contributed by atoms with Crippen LogP contribution in [-0.4, -0.2) is 42.2 Å². The third kappa shape index (κ3) is 3.76. The van der Waals surface area contributed by atoms with Crippen LogP contribution in [0.25, 0.3) is 16.6 Å². The van der Waals surface area contributed by atoms with E-state index in [1.54, 1.807) is 11.8 Å². The molecule has 0 radical (unpaired) electrons. The van der Waals surface area contributed by atoms with Crippen LogP contribution in [0.2, 0.25) is 5.02 Å². The number of hydrogen-bond acceptors (Lipinski definition) is 6. The summed E-state index contributed by atoms with van der Waals surface area (Å²) in [4.78, 5) is 4.79. The van der Waals surface area contributed by atoms with Gasteiger partial charge in [0.15, 0.2) is 10.8 Å². The highest BCUT2D eigenvalue weighted by atomic mass is 35.5. The summed E-state index contributed by atoms with van der Waals surface area (Å²) < 4.78 is 4.21.